The molecule has 0 radical (unpaired) electrons. The zero-order valence-electron chi connectivity index (χ0n) is 18.3. The van der Waals surface area contributed by atoms with Crippen molar-refractivity contribution in [1.82, 2.24) is 0 Å². The normalized spacial score (nSPS) is 25.1. The van der Waals surface area contributed by atoms with Gasteiger partial charge in [-0.15, -0.1) is 0 Å². The van der Waals surface area contributed by atoms with Gasteiger partial charge in [0.25, 0.3) is 0 Å². The van der Waals surface area contributed by atoms with Crippen LogP contribution in [0.5, 0.6) is 0 Å². The summed E-state index contributed by atoms with van der Waals surface area (Å²) >= 11 is 10.2. The van der Waals surface area contributed by atoms with E-state index in [4.69, 9.17) is 30.5 Å². The van der Waals surface area contributed by atoms with Crippen LogP contribution in [0, 0.1) is 0 Å². The SMILES string of the molecule is Cl[C@H]1O[C@H](COCc2ccccc2)[C@@H](OCc2ccccc2)[C@H](OCc2ccccc2)[C@@H]1Br. The first-order valence-electron chi connectivity index (χ1n) is 11.1. The minimum Gasteiger partial charge on any atom is -0.374 e. The number of ether oxygens (including phenoxy) is 4. The van der Waals surface area contributed by atoms with E-state index >= 15 is 0 Å². The number of halogens is 2. The Balaban J connectivity index is 1.46. The maximum Gasteiger partial charge on any atom is 0.146 e. The molecule has 5 atom stereocenters. The molecule has 4 rings (SSSR count). The summed E-state index contributed by atoms with van der Waals surface area (Å²) < 4.78 is 24.9. The highest BCUT2D eigenvalue weighted by atomic mass is 79.9. The van der Waals surface area contributed by atoms with Crippen LogP contribution in [0.3, 0.4) is 0 Å². The maximum atomic E-state index is 6.56. The van der Waals surface area contributed by atoms with Gasteiger partial charge < -0.3 is 18.9 Å². The van der Waals surface area contributed by atoms with Crippen molar-refractivity contribution < 1.29 is 18.9 Å². The highest BCUT2D eigenvalue weighted by molar-refractivity contribution is 9.09. The zero-order chi connectivity index (χ0) is 22.9. The van der Waals surface area contributed by atoms with Crippen molar-refractivity contribution in [2.24, 2.45) is 0 Å². The standard InChI is InChI=1S/C27H28BrClO4/c28-24-26(32-18-22-14-8-3-9-15-22)25(31-17-21-12-6-2-7-13-21)23(33-27(24)29)19-30-16-20-10-4-1-5-11-20/h1-15,23-27H,16-19H2/t23-,24+,25-,26-,27+/m1/s1. The molecule has 33 heavy (non-hydrogen) atoms. The van der Waals surface area contributed by atoms with E-state index in [2.05, 4.69) is 15.9 Å². The molecule has 1 aliphatic heterocycles. The van der Waals surface area contributed by atoms with Gasteiger partial charge in [0.1, 0.15) is 23.9 Å². The minimum absolute atomic E-state index is 0.228. The summed E-state index contributed by atoms with van der Waals surface area (Å²) in [6.45, 7) is 1.75. The highest BCUT2D eigenvalue weighted by Crippen LogP contribution is 2.33. The summed E-state index contributed by atoms with van der Waals surface area (Å²) in [6.07, 6.45) is -1.03. The van der Waals surface area contributed by atoms with E-state index in [-0.39, 0.29) is 23.1 Å². The molecule has 0 bridgehead atoms. The van der Waals surface area contributed by atoms with Crippen molar-refractivity contribution in [3.05, 3.63) is 108 Å². The first kappa shape index (κ1) is 24.4. The second-order valence-electron chi connectivity index (χ2n) is 7.99. The number of hydrogen-bond acceptors (Lipinski definition) is 4. The van der Waals surface area contributed by atoms with Gasteiger partial charge in [-0.3, -0.25) is 0 Å². The molecule has 0 N–H and O–H groups in total. The molecule has 0 aromatic heterocycles. The van der Waals surface area contributed by atoms with Crippen molar-refractivity contribution in [3.8, 4) is 0 Å². The van der Waals surface area contributed by atoms with Crippen molar-refractivity contribution in [1.29, 1.82) is 0 Å². The van der Waals surface area contributed by atoms with Crippen LogP contribution in [0.4, 0.5) is 0 Å². The summed E-state index contributed by atoms with van der Waals surface area (Å²) in [5.74, 6) is 0. The van der Waals surface area contributed by atoms with Gasteiger partial charge in [-0.25, -0.2) is 0 Å². The van der Waals surface area contributed by atoms with Crippen molar-refractivity contribution in [2.45, 2.75) is 48.5 Å². The van der Waals surface area contributed by atoms with Crippen molar-refractivity contribution in [2.75, 3.05) is 6.61 Å². The lowest BCUT2D eigenvalue weighted by molar-refractivity contribution is -0.201. The third-order valence-corrected chi connectivity index (χ3v) is 7.20. The molecule has 0 unspecified atom stereocenters. The molecule has 174 valence electrons. The lowest BCUT2D eigenvalue weighted by atomic mass is 10.0. The van der Waals surface area contributed by atoms with Gasteiger partial charge in [-0.1, -0.05) is 119 Å². The predicted octanol–water partition coefficient (Wildman–Crippen LogP) is 6.10. The van der Waals surface area contributed by atoms with Gasteiger partial charge in [0, 0.05) is 0 Å². The monoisotopic (exact) mass is 530 g/mol. The molecule has 1 saturated heterocycles. The Morgan fingerprint density at radius 2 is 1.12 bits per heavy atom. The third-order valence-electron chi connectivity index (χ3n) is 5.52. The molecule has 1 aliphatic rings. The van der Waals surface area contributed by atoms with E-state index in [0.717, 1.165) is 16.7 Å². The van der Waals surface area contributed by atoms with Crippen LogP contribution in [-0.4, -0.2) is 35.3 Å². The Morgan fingerprint density at radius 3 is 1.64 bits per heavy atom. The molecular weight excluding hydrogens is 504 g/mol. The fraction of sp³-hybridized carbons (Fsp3) is 0.333. The van der Waals surface area contributed by atoms with E-state index < -0.39 is 5.56 Å². The van der Waals surface area contributed by atoms with E-state index in [1.807, 2.05) is 91.0 Å². The van der Waals surface area contributed by atoms with Gasteiger partial charge >= 0.3 is 0 Å². The number of hydrogen-bond donors (Lipinski definition) is 0. The van der Waals surface area contributed by atoms with Crippen LogP contribution in [0.2, 0.25) is 0 Å². The Labute approximate surface area is 208 Å². The van der Waals surface area contributed by atoms with Gasteiger partial charge in [0.05, 0.1) is 31.3 Å². The molecule has 0 amide bonds. The molecule has 3 aromatic carbocycles. The Kier molecular flexibility index (Phi) is 9.36. The van der Waals surface area contributed by atoms with Gasteiger partial charge in [0.2, 0.25) is 0 Å². The van der Waals surface area contributed by atoms with Crippen LogP contribution in [0.25, 0.3) is 0 Å². The summed E-state index contributed by atoms with van der Waals surface area (Å²) in [6, 6.07) is 30.2. The van der Waals surface area contributed by atoms with E-state index in [1.165, 1.54) is 0 Å². The fourth-order valence-electron chi connectivity index (χ4n) is 3.78. The van der Waals surface area contributed by atoms with Gasteiger partial charge in [0.15, 0.2) is 0 Å². The number of alkyl halides is 2. The number of benzene rings is 3. The third kappa shape index (κ3) is 7.12. The molecule has 1 fully saturated rings. The Hall–Kier alpha value is -1.73. The topological polar surface area (TPSA) is 36.9 Å². The molecule has 3 aromatic rings. The van der Waals surface area contributed by atoms with Gasteiger partial charge in [-0.2, -0.15) is 0 Å². The van der Waals surface area contributed by atoms with Gasteiger partial charge in [-0.05, 0) is 16.7 Å². The van der Waals surface area contributed by atoms with Crippen molar-refractivity contribution in [3.63, 3.8) is 0 Å². The molecule has 4 nitrogen and oxygen atoms in total. The summed E-state index contributed by atoms with van der Waals surface area (Å²) in [4.78, 5) is -0.228. The van der Waals surface area contributed by atoms with Crippen molar-refractivity contribution >= 4 is 27.5 Å². The second-order valence-corrected chi connectivity index (χ2v) is 9.48. The summed E-state index contributed by atoms with van der Waals surface area (Å²) in [5, 5.41) is 0. The molecule has 1 heterocycles. The van der Waals surface area contributed by atoms with Crippen LogP contribution < -0.4 is 0 Å². The van der Waals surface area contributed by atoms with Crippen LogP contribution in [0.1, 0.15) is 16.7 Å². The molecule has 0 saturated carbocycles. The van der Waals surface area contributed by atoms with E-state index in [1.54, 1.807) is 0 Å². The summed E-state index contributed by atoms with van der Waals surface area (Å²) in [5.41, 5.74) is 2.72. The first-order chi connectivity index (χ1) is 16.2. The first-order valence-corrected chi connectivity index (χ1v) is 12.4. The van der Waals surface area contributed by atoms with Crippen LogP contribution >= 0.6 is 27.5 Å². The van der Waals surface area contributed by atoms with Crippen LogP contribution in [-0.2, 0) is 38.8 Å². The highest BCUT2D eigenvalue weighted by Gasteiger charge is 2.46. The minimum atomic E-state index is -0.562. The number of rotatable bonds is 10. The lowest BCUT2D eigenvalue weighted by Crippen LogP contribution is -2.57. The molecule has 0 aliphatic carbocycles. The maximum absolute atomic E-state index is 6.56. The molecule has 0 spiro atoms. The molecule has 6 heteroatoms. The lowest BCUT2D eigenvalue weighted by Gasteiger charge is -2.42. The smallest absolute Gasteiger partial charge is 0.146 e. The van der Waals surface area contributed by atoms with E-state index in [9.17, 15) is 0 Å². The Morgan fingerprint density at radius 1 is 0.667 bits per heavy atom. The average Bonchev–Trinajstić information content (AvgIpc) is 2.86. The summed E-state index contributed by atoms with van der Waals surface area (Å²) in [7, 11) is 0. The quantitative estimate of drug-likeness (QED) is 0.296. The van der Waals surface area contributed by atoms with E-state index in [0.29, 0.717) is 26.4 Å². The predicted molar refractivity (Wildman–Crippen MR) is 133 cm³/mol. The largest absolute Gasteiger partial charge is 0.374 e. The Bertz CT molecular complexity index is 944. The fourth-order valence-corrected chi connectivity index (χ4v) is 4.64. The molecular formula is C27H28BrClO4. The average molecular weight is 532 g/mol. The van der Waals surface area contributed by atoms with Crippen LogP contribution in [0.15, 0.2) is 91.0 Å². The zero-order valence-corrected chi connectivity index (χ0v) is 20.6. The second kappa shape index (κ2) is 12.7.